The highest BCUT2D eigenvalue weighted by atomic mass is 79.9. The molecule has 0 bridgehead atoms. The molecular formula is C14H10Br2ClNO. The van der Waals surface area contributed by atoms with Crippen LogP contribution in [0, 0.1) is 6.92 Å². The molecule has 2 nitrogen and oxygen atoms in total. The lowest BCUT2D eigenvalue weighted by molar-refractivity contribution is 0.102. The molecule has 0 fully saturated rings. The van der Waals surface area contributed by atoms with Crippen molar-refractivity contribution in [2.45, 2.75) is 6.92 Å². The van der Waals surface area contributed by atoms with Gasteiger partial charge in [-0.25, -0.2) is 0 Å². The highest BCUT2D eigenvalue weighted by Gasteiger charge is 2.09. The number of aryl methyl sites for hydroxylation is 1. The van der Waals surface area contributed by atoms with Crippen LogP contribution in [0.5, 0.6) is 0 Å². The zero-order valence-corrected chi connectivity index (χ0v) is 13.9. The lowest BCUT2D eigenvalue weighted by Crippen LogP contribution is -2.12. The van der Waals surface area contributed by atoms with Gasteiger partial charge in [-0.2, -0.15) is 0 Å². The van der Waals surface area contributed by atoms with Crippen LogP contribution < -0.4 is 5.32 Å². The molecule has 0 aliphatic heterocycles. The van der Waals surface area contributed by atoms with Crippen molar-refractivity contribution in [1.29, 1.82) is 0 Å². The van der Waals surface area contributed by atoms with Gasteiger partial charge in [-0.05, 0) is 48.9 Å². The molecule has 2 aromatic carbocycles. The molecule has 1 N–H and O–H groups in total. The van der Waals surface area contributed by atoms with E-state index in [1.807, 2.05) is 25.1 Å². The van der Waals surface area contributed by atoms with E-state index in [2.05, 4.69) is 37.2 Å². The number of benzene rings is 2. The van der Waals surface area contributed by atoms with Gasteiger partial charge in [0, 0.05) is 14.5 Å². The summed E-state index contributed by atoms with van der Waals surface area (Å²) in [5.41, 5.74) is 2.19. The summed E-state index contributed by atoms with van der Waals surface area (Å²) < 4.78 is 1.74. The summed E-state index contributed by atoms with van der Waals surface area (Å²) in [6, 6.07) is 10.9. The maximum absolute atomic E-state index is 12.2. The van der Waals surface area contributed by atoms with Crippen molar-refractivity contribution >= 4 is 55.1 Å². The second-order valence-electron chi connectivity index (χ2n) is 4.10. The summed E-state index contributed by atoms with van der Waals surface area (Å²) in [6.07, 6.45) is 0. The average molecular weight is 404 g/mol. The Labute approximate surface area is 133 Å². The van der Waals surface area contributed by atoms with Gasteiger partial charge in [0.1, 0.15) is 0 Å². The molecule has 0 aliphatic rings. The van der Waals surface area contributed by atoms with E-state index in [0.717, 1.165) is 14.5 Å². The molecule has 0 spiro atoms. The second-order valence-corrected chi connectivity index (χ2v) is 6.33. The van der Waals surface area contributed by atoms with Gasteiger partial charge < -0.3 is 5.32 Å². The van der Waals surface area contributed by atoms with E-state index in [9.17, 15) is 4.79 Å². The molecule has 0 aliphatic carbocycles. The van der Waals surface area contributed by atoms with E-state index < -0.39 is 0 Å². The number of halogens is 3. The largest absolute Gasteiger partial charge is 0.321 e. The van der Waals surface area contributed by atoms with Gasteiger partial charge in [0.15, 0.2) is 0 Å². The first-order chi connectivity index (χ1) is 8.95. The fraction of sp³-hybridized carbons (Fsp3) is 0.0714. The normalized spacial score (nSPS) is 10.3. The maximum atomic E-state index is 12.2. The van der Waals surface area contributed by atoms with Crippen LogP contribution in [0.2, 0.25) is 5.02 Å². The molecule has 2 aromatic rings. The Kier molecular flexibility index (Phi) is 4.66. The van der Waals surface area contributed by atoms with E-state index in [4.69, 9.17) is 11.6 Å². The van der Waals surface area contributed by atoms with Crippen LogP contribution in [-0.2, 0) is 0 Å². The van der Waals surface area contributed by atoms with Gasteiger partial charge in [-0.1, -0.05) is 43.5 Å². The predicted octanol–water partition coefficient (Wildman–Crippen LogP) is 5.43. The molecule has 0 heterocycles. The summed E-state index contributed by atoms with van der Waals surface area (Å²) in [6.45, 7) is 1.94. The number of rotatable bonds is 2. The number of carbonyl (C=O) groups excluding carboxylic acids is 1. The molecule has 19 heavy (non-hydrogen) atoms. The van der Waals surface area contributed by atoms with E-state index in [-0.39, 0.29) is 5.91 Å². The maximum Gasteiger partial charge on any atom is 0.255 e. The number of amides is 1. The highest BCUT2D eigenvalue weighted by Crippen LogP contribution is 2.26. The number of nitrogens with one attached hydrogen (secondary N) is 1. The predicted molar refractivity (Wildman–Crippen MR) is 86.0 cm³/mol. The van der Waals surface area contributed by atoms with E-state index in [1.165, 1.54) is 0 Å². The standard InChI is InChI=1S/C14H10Br2ClNO/c1-8-4-9(6-11(16)5-8)14(19)18-13-3-2-10(15)7-12(13)17/h2-7H,1H3,(H,18,19). The Morgan fingerprint density at radius 2 is 1.84 bits per heavy atom. The van der Waals surface area contributed by atoms with Crippen molar-refractivity contribution in [2.24, 2.45) is 0 Å². The number of hydrogen-bond acceptors (Lipinski definition) is 1. The average Bonchev–Trinajstić information content (AvgIpc) is 2.31. The monoisotopic (exact) mass is 401 g/mol. The molecular weight excluding hydrogens is 393 g/mol. The van der Waals surface area contributed by atoms with E-state index >= 15 is 0 Å². The lowest BCUT2D eigenvalue weighted by Gasteiger charge is -2.08. The third-order valence-corrected chi connectivity index (χ3v) is 3.75. The van der Waals surface area contributed by atoms with Crippen LogP contribution in [0.3, 0.4) is 0 Å². The molecule has 0 atom stereocenters. The fourth-order valence-corrected chi connectivity index (χ4v) is 2.98. The molecule has 98 valence electrons. The van der Waals surface area contributed by atoms with Gasteiger partial charge in [0.05, 0.1) is 10.7 Å². The van der Waals surface area contributed by atoms with E-state index in [0.29, 0.717) is 16.3 Å². The number of carbonyl (C=O) groups is 1. The summed E-state index contributed by atoms with van der Waals surface area (Å²) in [5, 5.41) is 3.29. The number of anilines is 1. The molecule has 5 heteroatoms. The first kappa shape index (κ1) is 14.6. The van der Waals surface area contributed by atoms with Crippen molar-refractivity contribution in [3.63, 3.8) is 0 Å². The molecule has 1 amide bonds. The van der Waals surface area contributed by atoms with Gasteiger partial charge in [0.2, 0.25) is 0 Å². The van der Waals surface area contributed by atoms with E-state index in [1.54, 1.807) is 18.2 Å². The molecule has 0 aromatic heterocycles. The van der Waals surface area contributed by atoms with Crippen LogP contribution in [0.4, 0.5) is 5.69 Å². The second kappa shape index (κ2) is 6.07. The zero-order valence-electron chi connectivity index (χ0n) is 10.0. The number of hydrogen-bond donors (Lipinski definition) is 1. The van der Waals surface area contributed by atoms with Gasteiger partial charge in [-0.15, -0.1) is 0 Å². The molecule has 0 radical (unpaired) electrons. The van der Waals surface area contributed by atoms with Gasteiger partial charge in [0.25, 0.3) is 5.91 Å². The molecule has 2 rings (SSSR count). The van der Waals surface area contributed by atoms with Crippen molar-refractivity contribution in [3.05, 3.63) is 61.5 Å². The SMILES string of the molecule is Cc1cc(Br)cc(C(=O)Nc2ccc(Br)cc2Cl)c1. The molecule has 0 saturated carbocycles. The van der Waals surface area contributed by atoms with Crippen LogP contribution in [0.1, 0.15) is 15.9 Å². The first-order valence-corrected chi connectivity index (χ1v) is 7.46. The van der Waals surface area contributed by atoms with Crippen molar-refractivity contribution in [2.75, 3.05) is 5.32 Å². The first-order valence-electron chi connectivity index (χ1n) is 5.49. The smallest absolute Gasteiger partial charge is 0.255 e. The Bertz CT molecular complexity index is 623. The molecule has 0 saturated heterocycles. The summed E-state index contributed by atoms with van der Waals surface area (Å²) in [5.74, 6) is -0.186. The fourth-order valence-electron chi connectivity index (χ4n) is 1.65. The molecule has 0 unspecified atom stereocenters. The lowest BCUT2D eigenvalue weighted by atomic mass is 10.1. The highest BCUT2D eigenvalue weighted by molar-refractivity contribution is 9.10. The van der Waals surface area contributed by atoms with Crippen LogP contribution in [0.15, 0.2) is 45.3 Å². The summed E-state index contributed by atoms with van der Waals surface area (Å²) in [4.78, 5) is 12.2. The minimum absolute atomic E-state index is 0.186. The van der Waals surface area contributed by atoms with Crippen LogP contribution in [0.25, 0.3) is 0 Å². The Hall–Kier alpha value is -0.840. The minimum Gasteiger partial charge on any atom is -0.321 e. The Balaban J connectivity index is 2.25. The minimum atomic E-state index is -0.186. The Morgan fingerprint density at radius 1 is 1.11 bits per heavy atom. The van der Waals surface area contributed by atoms with Crippen LogP contribution in [-0.4, -0.2) is 5.91 Å². The van der Waals surface area contributed by atoms with Gasteiger partial charge >= 0.3 is 0 Å². The third kappa shape index (κ3) is 3.81. The van der Waals surface area contributed by atoms with Gasteiger partial charge in [-0.3, -0.25) is 4.79 Å². The zero-order chi connectivity index (χ0) is 14.0. The van der Waals surface area contributed by atoms with Crippen LogP contribution >= 0.6 is 43.5 Å². The van der Waals surface area contributed by atoms with Crippen molar-refractivity contribution in [3.8, 4) is 0 Å². The summed E-state index contributed by atoms with van der Waals surface area (Å²) in [7, 11) is 0. The topological polar surface area (TPSA) is 29.1 Å². The quantitative estimate of drug-likeness (QED) is 0.712. The van der Waals surface area contributed by atoms with Crippen molar-refractivity contribution in [1.82, 2.24) is 0 Å². The summed E-state index contributed by atoms with van der Waals surface area (Å²) >= 11 is 12.8. The Morgan fingerprint density at radius 3 is 2.47 bits per heavy atom. The third-order valence-electron chi connectivity index (χ3n) is 2.48. The van der Waals surface area contributed by atoms with Crippen molar-refractivity contribution < 1.29 is 4.79 Å².